The normalized spacial score (nSPS) is 21.2. The monoisotopic (exact) mass is 389 g/mol. The zero-order valence-corrected chi connectivity index (χ0v) is 15.1. The van der Waals surface area contributed by atoms with Gasteiger partial charge in [-0.1, -0.05) is 11.6 Å². The fraction of sp³-hybridized carbons (Fsp3) is 0.333. The zero-order chi connectivity index (χ0) is 19.0. The summed E-state index contributed by atoms with van der Waals surface area (Å²) >= 11 is 5.79. The molecule has 2 amide bonds. The molecule has 2 saturated heterocycles. The second-order valence-electron chi connectivity index (χ2n) is 6.46. The summed E-state index contributed by atoms with van der Waals surface area (Å²) in [6, 6.07) is 5.10. The highest BCUT2D eigenvalue weighted by molar-refractivity contribution is 6.31. The largest absolute Gasteiger partial charge is 0.338 e. The van der Waals surface area contributed by atoms with E-state index in [4.69, 9.17) is 11.6 Å². The predicted octanol–water partition coefficient (Wildman–Crippen LogP) is 1.72. The summed E-state index contributed by atoms with van der Waals surface area (Å²) in [5, 5.41) is -0.118. The van der Waals surface area contributed by atoms with Gasteiger partial charge in [-0.25, -0.2) is 19.3 Å². The number of piperazine rings is 1. The van der Waals surface area contributed by atoms with Gasteiger partial charge in [0.25, 0.3) is 5.91 Å². The van der Waals surface area contributed by atoms with Crippen molar-refractivity contribution in [2.75, 3.05) is 36.0 Å². The van der Waals surface area contributed by atoms with Crippen molar-refractivity contribution in [1.82, 2.24) is 14.9 Å². The first kappa shape index (κ1) is 17.8. The summed E-state index contributed by atoms with van der Waals surface area (Å²) < 4.78 is 13.4. The van der Waals surface area contributed by atoms with E-state index >= 15 is 0 Å². The molecule has 1 aromatic carbocycles. The van der Waals surface area contributed by atoms with E-state index in [-0.39, 0.29) is 23.3 Å². The maximum atomic E-state index is 13.4. The minimum atomic E-state index is -0.588. The molecule has 0 bridgehead atoms. The Morgan fingerprint density at radius 3 is 2.44 bits per heavy atom. The molecule has 27 heavy (non-hydrogen) atoms. The number of imide groups is 1. The molecular formula is C18H17ClFN5O2. The summed E-state index contributed by atoms with van der Waals surface area (Å²) in [5.74, 6) is -0.530. The van der Waals surface area contributed by atoms with E-state index in [0.717, 1.165) is 11.0 Å². The fourth-order valence-electron chi connectivity index (χ4n) is 3.48. The van der Waals surface area contributed by atoms with E-state index in [1.54, 1.807) is 18.5 Å². The van der Waals surface area contributed by atoms with Crippen molar-refractivity contribution in [3.8, 4) is 0 Å². The molecule has 0 N–H and O–H groups in total. The number of halogens is 2. The van der Waals surface area contributed by atoms with Gasteiger partial charge >= 0.3 is 0 Å². The molecule has 4 rings (SSSR count). The number of carbonyl (C=O) groups excluding carboxylic acids is 2. The molecule has 2 aromatic rings. The molecule has 3 heterocycles. The smallest absolute Gasteiger partial charge is 0.251 e. The van der Waals surface area contributed by atoms with Crippen molar-refractivity contribution in [3.05, 3.63) is 47.5 Å². The van der Waals surface area contributed by atoms with Gasteiger partial charge in [-0.2, -0.15) is 0 Å². The van der Waals surface area contributed by atoms with Gasteiger partial charge in [0.15, 0.2) is 0 Å². The highest BCUT2D eigenvalue weighted by Crippen LogP contribution is 2.29. The third-order valence-corrected chi connectivity index (χ3v) is 5.16. The Hall–Kier alpha value is -2.58. The van der Waals surface area contributed by atoms with Crippen LogP contribution in [0.4, 0.5) is 16.0 Å². The fourth-order valence-corrected chi connectivity index (χ4v) is 3.66. The lowest BCUT2D eigenvalue weighted by atomic mass is 10.2. The molecule has 7 nitrogen and oxygen atoms in total. The third-order valence-electron chi connectivity index (χ3n) is 4.87. The molecule has 0 radical (unpaired) electrons. The van der Waals surface area contributed by atoms with Crippen LogP contribution in [0.2, 0.25) is 5.02 Å². The molecule has 2 aliphatic rings. The molecule has 1 aromatic heterocycles. The zero-order valence-electron chi connectivity index (χ0n) is 14.4. The predicted molar refractivity (Wildman–Crippen MR) is 98.1 cm³/mol. The van der Waals surface area contributed by atoms with Crippen molar-refractivity contribution in [2.24, 2.45) is 0 Å². The Bertz CT molecular complexity index is 873. The van der Waals surface area contributed by atoms with Crippen LogP contribution in [0.3, 0.4) is 0 Å². The van der Waals surface area contributed by atoms with E-state index in [1.165, 1.54) is 12.1 Å². The van der Waals surface area contributed by atoms with Crippen molar-refractivity contribution in [1.29, 1.82) is 0 Å². The van der Waals surface area contributed by atoms with Crippen molar-refractivity contribution in [3.63, 3.8) is 0 Å². The van der Waals surface area contributed by atoms with E-state index in [1.807, 2.05) is 4.90 Å². The Labute approximate surface area is 160 Å². The second kappa shape index (κ2) is 7.21. The van der Waals surface area contributed by atoms with Crippen LogP contribution in [0.5, 0.6) is 0 Å². The van der Waals surface area contributed by atoms with Gasteiger partial charge in [-0.15, -0.1) is 0 Å². The highest BCUT2D eigenvalue weighted by atomic mass is 35.5. The first-order valence-corrected chi connectivity index (χ1v) is 9.00. The average molecular weight is 390 g/mol. The van der Waals surface area contributed by atoms with Gasteiger partial charge in [0.1, 0.15) is 5.82 Å². The Morgan fingerprint density at radius 2 is 1.78 bits per heavy atom. The quantitative estimate of drug-likeness (QED) is 0.744. The SMILES string of the molecule is O=C1CC(N2CCN(c3ncccn3)CC2)C(=O)N1c1ccc(F)c(Cl)c1. The number of nitrogens with zero attached hydrogens (tertiary/aromatic N) is 5. The van der Waals surface area contributed by atoms with Crippen molar-refractivity contribution >= 4 is 35.1 Å². The Morgan fingerprint density at radius 1 is 1.07 bits per heavy atom. The number of carbonyl (C=O) groups is 2. The number of hydrogen-bond acceptors (Lipinski definition) is 6. The number of aromatic nitrogens is 2. The van der Waals surface area contributed by atoms with Crippen LogP contribution in [-0.4, -0.2) is 58.9 Å². The van der Waals surface area contributed by atoms with Gasteiger partial charge in [0.05, 0.1) is 23.2 Å². The second-order valence-corrected chi connectivity index (χ2v) is 6.86. The minimum absolute atomic E-state index is 0.107. The maximum absolute atomic E-state index is 13.4. The lowest BCUT2D eigenvalue weighted by Crippen LogP contribution is -2.53. The van der Waals surface area contributed by atoms with Crippen LogP contribution >= 0.6 is 11.6 Å². The molecule has 9 heteroatoms. The minimum Gasteiger partial charge on any atom is -0.338 e. The number of hydrogen-bond donors (Lipinski definition) is 0. The van der Waals surface area contributed by atoms with Gasteiger partial charge in [0.2, 0.25) is 11.9 Å². The average Bonchev–Trinajstić information content (AvgIpc) is 2.99. The number of anilines is 2. The lowest BCUT2D eigenvalue weighted by molar-refractivity contribution is -0.123. The number of benzene rings is 1. The molecule has 140 valence electrons. The molecular weight excluding hydrogens is 373 g/mol. The van der Waals surface area contributed by atoms with Crippen LogP contribution in [0.1, 0.15) is 6.42 Å². The summed E-state index contributed by atoms with van der Waals surface area (Å²) in [7, 11) is 0. The van der Waals surface area contributed by atoms with Crippen LogP contribution in [0, 0.1) is 5.82 Å². The summed E-state index contributed by atoms with van der Waals surface area (Å²) in [5.41, 5.74) is 0.301. The van der Waals surface area contributed by atoms with E-state index in [0.29, 0.717) is 37.8 Å². The van der Waals surface area contributed by atoms with Gasteiger partial charge < -0.3 is 4.90 Å². The molecule has 2 fully saturated rings. The highest BCUT2D eigenvalue weighted by Gasteiger charge is 2.43. The standard InChI is InChI=1S/C18H17ClFN5O2/c19-13-10-12(2-3-14(13)20)25-16(26)11-15(17(25)27)23-6-8-24(9-7-23)18-21-4-1-5-22-18/h1-5,10,15H,6-9,11H2. The summed E-state index contributed by atoms with van der Waals surface area (Å²) in [4.78, 5) is 38.9. The molecule has 1 unspecified atom stereocenters. The van der Waals surface area contributed by atoms with Gasteiger partial charge in [-0.05, 0) is 24.3 Å². The number of amides is 2. The Kier molecular flexibility index (Phi) is 4.75. The Balaban J connectivity index is 1.45. The molecule has 0 aliphatic carbocycles. The van der Waals surface area contributed by atoms with E-state index < -0.39 is 11.9 Å². The molecule has 2 aliphatic heterocycles. The van der Waals surface area contributed by atoms with Crippen LogP contribution in [-0.2, 0) is 9.59 Å². The third kappa shape index (κ3) is 3.38. The van der Waals surface area contributed by atoms with Crippen molar-refractivity contribution < 1.29 is 14.0 Å². The van der Waals surface area contributed by atoms with E-state index in [9.17, 15) is 14.0 Å². The maximum Gasteiger partial charge on any atom is 0.251 e. The van der Waals surface area contributed by atoms with Crippen LogP contribution < -0.4 is 9.80 Å². The van der Waals surface area contributed by atoms with Crippen LogP contribution in [0.15, 0.2) is 36.7 Å². The summed E-state index contributed by atoms with van der Waals surface area (Å²) in [6.45, 7) is 2.59. The first-order valence-electron chi connectivity index (χ1n) is 8.62. The van der Waals surface area contributed by atoms with Gasteiger partial charge in [-0.3, -0.25) is 14.5 Å². The summed E-state index contributed by atoms with van der Waals surface area (Å²) in [6.07, 6.45) is 3.49. The van der Waals surface area contributed by atoms with Crippen molar-refractivity contribution in [2.45, 2.75) is 12.5 Å². The topological polar surface area (TPSA) is 69.6 Å². The molecule has 1 atom stereocenters. The lowest BCUT2D eigenvalue weighted by Gasteiger charge is -2.36. The molecule has 0 saturated carbocycles. The van der Waals surface area contributed by atoms with E-state index in [2.05, 4.69) is 14.9 Å². The molecule has 0 spiro atoms. The first-order chi connectivity index (χ1) is 13.0. The van der Waals surface area contributed by atoms with Gasteiger partial charge in [0, 0.05) is 38.6 Å². The van der Waals surface area contributed by atoms with Crippen LogP contribution in [0.25, 0.3) is 0 Å². The number of rotatable bonds is 3.